The molecule has 2 nitrogen and oxygen atoms in total. The van der Waals surface area contributed by atoms with Gasteiger partial charge in [-0.25, -0.2) is 0 Å². The summed E-state index contributed by atoms with van der Waals surface area (Å²) in [5.41, 5.74) is 0.206. The molecule has 0 bridgehead atoms. The molecule has 0 aliphatic carbocycles. The highest BCUT2D eigenvalue weighted by molar-refractivity contribution is 5.44. The number of fused-ring (bicyclic) bond motifs is 3. The molecule has 0 spiro atoms. The Morgan fingerprint density at radius 2 is 2.12 bits per heavy atom. The van der Waals surface area contributed by atoms with Crippen molar-refractivity contribution in [2.45, 2.75) is 31.2 Å². The summed E-state index contributed by atoms with van der Waals surface area (Å²) in [5.74, 6) is 0.379. The summed E-state index contributed by atoms with van der Waals surface area (Å²) in [5, 5.41) is 3.29. The summed E-state index contributed by atoms with van der Waals surface area (Å²) < 4.78 is 43.3. The van der Waals surface area contributed by atoms with Crippen LogP contribution in [0, 0.1) is 0 Å². The Hall–Kier alpha value is -1.23. The van der Waals surface area contributed by atoms with E-state index in [0.29, 0.717) is 5.75 Å². The lowest BCUT2D eigenvalue weighted by Gasteiger charge is -2.25. The van der Waals surface area contributed by atoms with Crippen molar-refractivity contribution in [1.82, 2.24) is 5.32 Å². The SMILES string of the molecule is FC(F)(F)c1ccc2c(c1)O[C@H]1CCCN[C@@H]21. The normalized spacial score (nSPS) is 27.2. The van der Waals surface area contributed by atoms with Crippen LogP contribution in [0.2, 0.25) is 0 Å². The van der Waals surface area contributed by atoms with E-state index in [-0.39, 0.29) is 12.1 Å². The Morgan fingerprint density at radius 3 is 2.88 bits per heavy atom. The molecule has 3 rings (SSSR count). The first-order valence-electron chi connectivity index (χ1n) is 5.67. The molecule has 1 saturated heterocycles. The van der Waals surface area contributed by atoms with Crippen LogP contribution in [-0.2, 0) is 6.18 Å². The van der Waals surface area contributed by atoms with Gasteiger partial charge in [-0.3, -0.25) is 0 Å². The molecular weight excluding hydrogens is 231 g/mol. The van der Waals surface area contributed by atoms with Crippen molar-refractivity contribution in [3.63, 3.8) is 0 Å². The molecule has 1 aromatic rings. The maximum atomic E-state index is 12.6. The van der Waals surface area contributed by atoms with Crippen LogP contribution in [0.4, 0.5) is 13.2 Å². The molecule has 2 aliphatic rings. The minimum absolute atomic E-state index is 0.0118. The Morgan fingerprint density at radius 1 is 1.29 bits per heavy atom. The van der Waals surface area contributed by atoms with Crippen molar-refractivity contribution in [3.8, 4) is 5.75 Å². The van der Waals surface area contributed by atoms with Gasteiger partial charge in [0.1, 0.15) is 11.9 Å². The van der Waals surface area contributed by atoms with Crippen LogP contribution in [-0.4, -0.2) is 12.6 Å². The molecule has 0 unspecified atom stereocenters. The Balaban J connectivity index is 1.97. The predicted octanol–water partition coefficient (Wildman–Crippen LogP) is 2.89. The van der Waals surface area contributed by atoms with E-state index in [4.69, 9.17) is 4.74 Å². The predicted molar refractivity (Wildman–Crippen MR) is 55.8 cm³/mol. The molecule has 0 radical (unpaired) electrons. The lowest BCUT2D eigenvalue weighted by atomic mass is 9.96. The molecule has 0 amide bonds. The van der Waals surface area contributed by atoms with Gasteiger partial charge >= 0.3 is 6.18 Å². The quantitative estimate of drug-likeness (QED) is 0.756. The molecule has 2 atom stereocenters. The Bertz CT molecular complexity index is 444. The number of benzene rings is 1. The number of nitrogens with one attached hydrogen (secondary N) is 1. The van der Waals surface area contributed by atoms with Gasteiger partial charge in [-0.15, -0.1) is 0 Å². The van der Waals surface area contributed by atoms with Crippen molar-refractivity contribution in [3.05, 3.63) is 29.3 Å². The van der Waals surface area contributed by atoms with Crippen LogP contribution < -0.4 is 10.1 Å². The fraction of sp³-hybridized carbons (Fsp3) is 0.500. The molecule has 5 heteroatoms. The number of hydrogen-bond acceptors (Lipinski definition) is 2. The minimum atomic E-state index is -4.31. The van der Waals surface area contributed by atoms with Gasteiger partial charge in [0.2, 0.25) is 0 Å². The van der Waals surface area contributed by atoms with Crippen molar-refractivity contribution < 1.29 is 17.9 Å². The fourth-order valence-corrected chi connectivity index (χ4v) is 2.53. The fourth-order valence-electron chi connectivity index (χ4n) is 2.53. The van der Waals surface area contributed by atoms with Gasteiger partial charge in [0.15, 0.2) is 0 Å². The summed E-state index contributed by atoms with van der Waals surface area (Å²) in [6.07, 6.45) is -2.42. The molecule has 1 aromatic carbocycles. The van der Waals surface area contributed by atoms with E-state index < -0.39 is 11.7 Å². The zero-order chi connectivity index (χ0) is 12.0. The van der Waals surface area contributed by atoms with Crippen LogP contribution in [0.5, 0.6) is 5.75 Å². The van der Waals surface area contributed by atoms with Crippen LogP contribution >= 0.6 is 0 Å². The second-order valence-corrected chi connectivity index (χ2v) is 4.48. The molecule has 17 heavy (non-hydrogen) atoms. The van der Waals surface area contributed by atoms with E-state index in [2.05, 4.69) is 5.32 Å². The summed E-state index contributed by atoms with van der Waals surface area (Å²) >= 11 is 0. The molecule has 1 fully saturated rings. The highest BCUT2D eigenvalue weighted by Gasteiger charge is 2.38. The number of rotatable bonds is 0. The molecule has 0 saturated carbocycles. The zero-order valence-corrected chi connectivity index (χ0v) is 9.05. The van der Waals surface area contributed by atoms with Crippen LogP contribution in [0.25, 0.3) is 0 Å². The van der Waals surface area contributed by atoms with E-state index in [1.165, 1.54) is 6.07 Å². The van der Waals surface area contributed by atoms with E-state index in [1.54, 1.807) is 0 Å². The number of piperidine rings is 1. The highest BCUT2D eigenvalue weighted by atomic mass is 19.4. The van der Waals surface area contributed by atoms with Crippen molar-refractivity contribution in [1.29, 1.82) is 0 Å². The van der Waals surface area contributed by atoms with Crippen LogP contribution in [0.1, 0.15) is 30.0 Å². The minimum Gasteiger partial charge on any atom is -0.488 e. The van der Waals surface area contributed by atoms with E-state index in [9.17, 15) is 13.2 Å². The van der Waals surface area contributed by atoms with Crippen molar-refractivity contribution in [2.75, 3.05) is 6.54 Å². The molecule has 0 aromatic heterocycles. The number of alkyl halides is 3. The Labute approximate surface area is 96.8 Å². The van der Waals surface area contributed by atoms with Crippen molar-refractivity contribution in [2.24, 2.45) is 0 Å². The third-order valence-corrected chi connectivity index (χ3v) is 3.36. The molecule has 1 N–H and O–H groups in total. The lowest BCUT2D eigenvalue weighted by Crippen LogP contribution is -2.36. The smallest absolute Gasteiger partial charge is 0.416 e. The van der Waals surface area contributed by atoms with Gasteiger partial charge in [0.05, 0.1) is 11.6 Å². The first-order valence-corrected chi connectivity index (χ1v) is 5.67. The van der Waals surface area contributed by atoms with Gasteiger partial charge in [-0.05, 0) is 31.5 Å². The van der Waals surface area contributed by atoms with Gasteiger partial charge in [0, 0.05) is 5.56 Å². The number of hydrogen-bond donors (Lipinski definition) is 1. The third kappa shape index (κ3) is 1.78. The molecule has 2 heterocycles. The summed E-state index contributed by atoms with van der Waals surface area (Å²) in [4.78, 5) is 0. The second kappa shape index (κ2) is 3.63. The van der Waals surface area contributed by atoms with Gasteiger partial charge in [-0.1, -0.05) is 6.07 Å². The van der Waals surface area contributed by atoms with E-state index >= 15 is 0 Å². The first kappa shape index (κ1) is 10.9. The zero-order valence-electron chi connectivity index (χ0n) is 9.05. The maximum Gasteiger partial charge on any atom is 0.416 e. The van der Waals surface area contributed by atoms with Gasteiger partial charge < -0.3 is 10.1 Å². The Kier molecular flexibility index (Phi) is 2.33. The van der Waals surface area contributed by atoms with E-state index in [1.807, 2.05) is 0 Å². The van der Waals surface area contributed by atoms with Crippen molar-refractivity contribution >= 4 is 0 Å². The van der Waals surface area contributed by atoms with Gasteiger partial charge in [-0.2, -0.15) is 13.2 Å². The second-order valence-electron chi connectivity index (χ2n) is 4.48. The third-order valence-electron chi connectivity index (χ3n) is 3.36. The summed E-state index contributed by atoms with van der Waals surface area (Å²) in [6, 6.07) is 3.82. The van der Waals surface area contributed by atoms with Crippen LogP contribution in [0.3, 0.4) is 0 Å². The molecule has 92 valence electrons. The average Bonchev–Trinajstić information content (AvgIpc) is 2.65. The number of halogens is 3. The number of ether oxygens (including phenoxy) is 1. The molecular formula is C12H12F3NO. The lowest BCUT2D eigenvalue weighted by molar-refractivity contribution is -0.137. The maximum absolute atomic E-state index is 12.6. The van der Waals surface area contributed by atoms with E-state index in [0.717, 1.165) is 37.1 Å². The molecule has 2 aliphatic heterocycles. The summed E-state index contributed by atoms with van der Waals surface area (Å²) in [7, 11) is 0. The largest absolute Gasteiger partial charge is 0.488 e. The van der Waals surface area contributed by atoms with Crippen LogP contribution in [0.15, 0.2) is 18.2 Å². The summed E-state index contributed by atoms with van der Waals surface area (Å²) in [6.45, 7) is 0.894. The topological polar surface area (TPSA) is 21.3 Å². The van der Waals surface area contributed by atoms with Gasteiger partial charge in [0.25, 0.3) is 0 Å². The first-order chi connectivity index (χ1) is 8.05. The monoisotopic (exact) mass is 243 g/mol. The highest BCUT2D eigenvalue weighted by Crippen LogP contribution is 2.42. The standard InChI is InChI=1S/C12H12F3NO/c13-12(14,15)7-3-4-8-10(6-7)17-9-2-1-5-16-11(8)9/h3-4,6,9,11,16H,1-2,5H2/t9-,11-/m0/s1. The average molecular weight is 243 g/mol.